The van der Waals surface area contributed by atoms with Crippen LogP contribution in [0.4, 0.5) is 0 Å². The van der Waals surface area contributed by atoms with Crippen LogP contribution in [0.1, 0.15) is 50.6 Å². The summed E-state index contributed by atoms with van der Waals surface area (Å²) in [6.07, 6.45) is 4.57. The van der Waals surface area contributed by atoms with Gasteiger partial charge in [-0.2, -0.15) is 0 Å². The van der Waals surface area contributed by atoms with Crippen molar-refractivity contribution in [3.63, 3.8) is 0 Å². The highest BCUT2D eigenvalue weighted by Gasteiger charge is 2.32. The van der Waals surface area contributed by atoms with E-state index < -0.39 is 0 Å². The summed E-state index contributed by atoms with van der Waals surface area (Å²) in [5.41, 5.74) is 6.93. The Morgan fingerprint density at radius 2 is 2.05 bits per heavy atom. The average Bonchev–Trinajstić information content (AvgIpc) is 2.84. The molecule has 1 aromatic rings. The van der Waals surface area contributed by atoms with E-state index in [0.717, 1.165) is 37.0 Å². The first kappa shape index (κ1) is 14.9. The van der Waals surface area contributed by atoms with Crippen LogP contribution in [0.25, 0.3) is 0 Å². The second-order valence-electron chi connectivity index (χ2n) is 5.78. The van der Waals surface area contributed by atoms with Crippen molar-refractivity contribution in [2.75, 3.05) is 7.11 Å². The van der Waals surface area contributed by atoms with Gasteiger partial charge in [0, 0.05) is 17.5 Å². The van der Waals surface area contributed by atoms with Gasteiger partial charge in [0.15, 0.2) is 0 Å². The van der Waals surface area contributed by atoms with Crippen LogP contribution in [0.15, 0.2) is 24.3 Å². The highest BCUT2D eigenvalue weighted by molar-refractivity contribution is 5.77. The second kappa shape index (κ2) is 6.27. The normalized spacial score (nSPS) is 18.6. The Labute approximate surface area is 120 Å². The molecule has 4 nitrogen and oxygen atoms in total. The standard InChI is InChI=1S/C16H24N2O2/c1-12(13-7-3-4-8-14(13)20-2)18-15(19)11-16(17)9-5-6-10-16/h3-4,7-8,12H,5-6,9-11,17H2,1-2H3,(H,18,19)/t12-/m0/s1. The van der Waals surface area contributed by atoms with Crippen molar-refractivity contribution >= 4 is 5.91 Å². The van der Waals surface area contributed by atoms with Gasteiger partial charge in [-0.1, -0.05) is 31.0 Å². The predicted molar refractivity (Wildman–Crippen MR) is 79.6 cm³/mol. The number of ether oxygens (including phenoxy) is 1. The molecule has 1 aliphatic rings. The summed E-state index contributed by atoms with van der Waals surface area (Å²) in [6, 6.07) is 7.66. The van der Waals surface area contributed by atoms with Gasteiger partial charge in [0.2, 0.25) is 5.91 Å². The first-order valence-electron chi connectivity index (χ1n) is 7.25. The fraction of sp³-hybridized carbons (Fsp3) is 0.562. The number of hydrogen-bond donors (Lipinski definition) is 2. The number of carbonyl (C=O) groups excluding carboxylic acids is 1. The van der Waals surface area contributed by atoms with Crippen LogP contribution in [0.3, 0.4) is 0 Å². The highest BCUT2D eigenvalue weighted by Crippen LogP contribution is 2.30. The highest BCUT2D eigenvalue weighted by atomic mass is 16.5. The van der Waals surface area contributed by atoms with Crippen molar-refractivity contribution in [2.45, 2.75) is 50.6 Å². The quantitative estimate of drug-likeness (QED) is 0.868. The molecule has 110 valence electrons. The fourth-order valence-corrected chi connectivity index (χ4v) is 2.97. The molecule has 0 aromatic heterocycles. The number of nitrogens with two attached hydrogens (primary N) is 1. The minimum atomic E-state index is -0.301. The lowest BCUT2D eigenvalue weighted by Gasteiger charge is -2.24. The number of para-hydroxylation sites is 1. The van der Waals surface area contributed by atoms with Crippen LogP contribution in [0.5, 0.6) is 5.75 Å². The van der Waals surface area contributed by atoms with Crippen molar-refractivity contribution in [1.29, 1.82) is 0 Å². The molecule has 0 unspecified atom stereocenters. The number of amides is 1. The van der Waals surface area contributed by atoms with Crippen LogP contribution < -0.4 is 15.8 Å². The number of carbonyl (C=O) groups is 1. The molecule has 0 aliphatic heterocycles. The van der Waals surface area contributed by atoms with E-state index in [1.54, 1.807) is 7.11 Å². The topological polar surface area (TPSA) is 64.3 Å². The van der Waals surface area contributed by atoms with Gasteiger partial charge in [-0.05, 0) is 25.8 Å². The Hall–Kier alpha value is -1.55. The summed E-state index contributed by atoms with van der Waals surface area (Å²) in [5.74, 6) is 0.816. The van der Waals surface area contributed by atoms with Crippen LogP contribution in [0.2, 0.25) is 0 Å². The lowest BCUT2D eigenvalue weighted by molar-refractivity contribution is -0.122. The third kappa shape index (κ3) is 3.51. The minimum Gasteiger partial charge on any atom is -0.496 e. The van der Waals surface area contributed by atoms with E-state index in [2.05, 4.69) is 5.32 Å². The Morgan fingerprint density at radius 3 is 2.70 bits per heavy atom. The zero-order valence-electron chi connectivity index (χ0n) is 12.3. The maximum atomic E-state index is 12.2. The molecule has 0 bridgehead atoms. The number of benzene rings is 1. The lowest BCUT2D eigenvalue weighted by Crippen LogP contribution is -2.42. The molecule has 0 spiro atoms. The zero-order valence-corrected chi connectivity index (χ0v) is 12.3. The summed E-state index contributed by atoms with van der Waals surface area (Å²) in [6.45, 7) is 1.97. The van der Waals surface area contributed by atoms with Crippen molar-refractivity contribution in [3.8, 4) is 5.75 Å². The van der Waals surface area contributed by atoms with Gasteiger partial charge in [-0.25, -0.2) is 0 Å². The molecular weight excluding hydrogens is 252 g/mol. The van der Waals surface area contributed by atoms with Crippen LogP contribution in [-0.2, 0) is 4.79 Å². The van der Waals surface area contributed by atoms with E-state index in [1.165, 1.54) is 0 Å². The molecule has 1 saturated carbocycles. The summed E-state index contributed by atoms with van der Waals surface area (Å²) in [7, 11) is 1.64. The lowest BCUT2D eigenvalue weighted by atomic mass is 9.94. The predicted octanol–water partition coefficient (Wildman–Crippen LogP) is 2.53. The Balaban J connectivity index is 1.96. The largest absolute Gasteiger partial charge is 0.496 e. The zero-order chi connectivity index (χ0) is 14.6. The second-order valence-corrected chi connectivity index (χ2v) is 5.78. The molecule has 1 aromatic carbocycles. The molecule has 1 fully saturated rings. The molecule has 1 atom stereocenters. The van der Waals surface area contributed by atoms with E-state index in [9.17, 15) is 4.79 Å². The molecule has 4 heteroatoms. The molecule has 1 amide bonds. The van der Waals surface area contributed by atoms with Crippen molar-refractivity contribution < 1.29 is 9.53 Å². The smallest absolute Gasteiger partial charge is 0.222 e. The molecule has 0 radical (unpaired) electrons. The van der Waals surface area contributed by atoms with Crippen LogP contribution >= 0.6 is 0 Å². The molecule has 20 heavy (non-hydrogen) atoms. The first-order valence-corrected chi connectivity index (χ1v) is 7.25. The maximum absolute atomic E-state index is 12.2. The van der Waals surface area contributed by atoms with Crippen molar-refractivity contribution in [1.82, 2.24) is 5.32 Å². The molecule has 0 heterocycles. The van der Waals surface area contributed by atoms with Gasteiger partial charge in [-0.15, -0.1) is 0 Å². The van der Waals surface area contributed by atoms with Gasteiger partial charge in [0.25, 0.3) is 0 Å². The number of nitrogens with one attached hydrogen (secondary N) is 1. The molecule has 3 N–H and O–H groups in total. The molecular formula is C16H24N2O2. The van der Waals surface area contributed by atoms with E-state index >= 15 is 0 Å². The van der Waals surface area contributed by atoms with Gasteiger partial charge in [-0.3, -0.25) is 4.79 Å². The van der Waals surface area contributed by atoms with Crippen LogP contribution in [0, 0.1) is 0 Å². The SMILES string of the molecule is COc1ccccc1[C@H](C)NC(=O)CC1(N)CCCC1. The average molecular weight is 276 g/mol. The Bertz CT molecular complexity index is 467. The minimum absolute atomic E-state index is 0.0211. The summed E-state index contributed by atoms with van der Waals surface area (Å²) >= 11 is 0. The van der Waals surface area contributed by atoms with E-state index in [0.29, 0.717) is 6.42 Å². The van der Waals surface area contributed by atoms with Gasteiger partial charge >= 0.3 is 0 Å². The Kier molecular flexibility index (Phi) is 4.65. The summed E-state index contributed by atoms with van der Waals surface area (Å²) in [4.78, 5) is 12.2. The number of rotatable bonds is 5. The molecule has 2 rings (SSSR count). The summed E-state index contributed by atoms with van der Waals surface area (Å²) in [5, 5.41) is 3.02. The number of methoxy groups -OCH3 is 1. The molecule has 1 aliphatic carbocycles. The summed E-state index contributed by atoms with van der Waals surface area (Å²) < 4.78 is 5.33. The van der Waals surface area contributed by atoms with Gasteiger partial charge < -0.3 is 15.8 Å². The monoisotopic (exact) mass is 276 g/mol. The third-order valence-corrected chi connectivity index (χ3v) is 4.09. The maximum Gasteiger partial charge on any atom is 0.222 e. The Morgan fingerprint density at radius 1 is 1.40 bits per heavy atom. The van der Waals surface area contributed by atoms with Gasteiger partial charge in [0.05, 0.1) is 13.2 Å². The molecule has 0 saturated heterocycles. The fourth-order valence-electron chi connectivity index (χ4n) is 2.97. The van der Waals surface area contributed by atoms with E-state index in [1.807, 2.05) is 31.2 Å². The first-order chi connectivity index (χ1) is 9.54. The number of hydrogen-bond acceptors (Lipinski definition) is 3. The van der Waals surface area contributed by atoms with Gasteiger partial charge in [0.1, 0.15) is 5.75 Å². The van der Waals surface area contributed by atoms with Crippen LogP contribution in [-0.4, -0.2) is 18.6 Å². The van der Waals surface area contributed by atoms with E-state index in [-0.39, 0.29) is 17.5 Å². The van der Waals surface area contributed by atoms with Crippen molar-refractivity contribution in [3.05, 3.63) is 29.8 Å². The van der Waals surface area contributed by atoms with E-state index in [4.69, 9.17) is 10.5 Å². The third-order valence-electron chi connectivity index (χ3n) is 4.09. The van der Waals surface area contributed by atoms with Crippen molar-refractivity contribution in [2.24, 2.45) is 5.73 Å².